The Balaban J connectivity index is 1.52. The van der Waals surface area contributed by atoms with Gasteiger partial charge in [-0.25, -0.2) is 0 Å². The Bertz CT molecular complexity index is 1500. The van der Waals surface area contributed by atoms with Gasteiger partial charge in [-0.2, -0.15) is 0 Å². The first kappa shape index (κ1) is 17.7. The van der Waals surface area contributed by atoms with Gasteiger partial charge in [-0.1, -0.05) is 54.6 Å². The van der Waals surface area contributed by atoms with E-state index in [1.807, 2.05) is 24.3 Å². The van der Waals surface area contributed by atoms with Crippen LogP contribution in [0.4, 0.5) is 5.69 Å². The molecule has 4 nitrogen and oxygen atoms in total. The minimum absolute atomic E-state index is 0.0956. The van der Waals surface area contributed by atoms with Crippen LogP contribution in [-0.4, -0.2) is 4.92 Å². The third-order valence-corrected chi connectivity index (χ3v) is 6.09. The SMILES string of the molecule is O=[N+]([O-])c1ccc(-c2cccc3c4c(ccc23)Oc2ccc3ccccc3c2C4)cc1. The maximum Gasteiger partial charge on any atom is 0.269 e. The van der Waals surface area contributed by atoms with E-state index in [2.05, 4.69) is 54.6 Å². The van der Waals surface area contributed by atoms with Crippen LogP contribution in [0.25, 0.3) is 32.7 Å². The zero-order chi connectivity index (χ0) is 20.9. The Hall–Kier alpha value is -4.18. The second kappa shape index (κ2) is 6.67. The molecule has 0 fully saturated rings. The molecule has 1 heterocycles. The molecule has 0 amide bonds. The van der Waals surface area contributed by atoms with E-state index in [9.17, 15) is 10.1 Å². The number of non-ortho nitro benzene ring substituents is 1. The van der Waals surface area contributed by atoms with Crippen molar-refractivity contribution in [2.75, 3.05) is 0 Å². The maximum absolute atomic E-state index is 11.0. The third-order valence-electron chi connectivity index (χ3n) is 6.09. The van der Waals surface area contributed by atoms with Gasteiger partial charge in [-0.05, 0) is 56.9 Å². The Kier molecular flexibility index (Phi) is 3.80. The monoisotopic (exact) mass is 403 g/mol. The van der Waals surface area contributed by atoms with Gasteiger partial charge in [-0.3, -0.25) is 10.1 Å². The average molecular weight is 403 g/mol. The molecule has 6 rings (SSSR count). The molecule has 31 heavy (non-hydrogen) atoms. The Morgan fingerprint density at radius 1 is 0.677 bits per heavy atom. The fourth-order valence-electron chi connectivity index (χ4n) is 4.58. The van der Waals surface area contributed by atoms with E-state index < -0.39 is 0 Å². The zero-order valence-electron chi connectivity index (χ0n) is 16.5. The number of nitrogens with zero attached hydrogens (tertiary/aromatic N) is 1. The Morgan fingerprint density at radius 3 is 2.19 bits per heavy atom. The number of nitro benzene ring substituents is 1. The molecular formula is C27H17NO3. The third kappa shape index (κ3) is 2.76. The van der Waals surface area contributed by atoms with Crippen LogP contribution < -0.4 is 4.74 Å². The van der Waals surface area contributed by atoms with Gasteiger partial charge in [0.05, 0.1) is 4.92 Å². The van der Waals surface area contributed by atoms with E-state index in [0.717, 1.165) is 39.8 Å². The molecule has 0 saturated carbocycles. The maximum atomic E-state index is 11.0. The van der Waals surface area contributed by atoms with Crippen LogP contribution in [0, 0.1) is 10.1 Å². The van der Waals surface area contributed by atoms with E-state index in [1.54, 1.807) is 12.1 Å². The van der Waals surface area contributed by atoms with Crippen molar-refractivity contribution in [1.29, 1.82) is 0 Å². The molecule has 0 atom stereocenters. The van der Waals surface area contributed by atoms with Crippen LogP contribution in [0.2, 0.25) is 0 Å². The van der Waals surface area contributed by atoms with Crippen LogP contribution in [0.1, 0.15) is 11.1 Å². The summed E-state index contributed by atoms with van der Waals surface area (Å²) in [5.74, 6) is 1.80. The fraction of sp³-hybridized carbons (Fsp3) is 0.0370. The molecule has 0 aromatic heterocycles. The van der Waals surface area contributed by atoms with Crippen LogP contribution >= 0.6 is 0 Å². The summed E-state index contributed by atoms with van der Waals surface area (Å²) >= 11 is 0. The van der Waals surface area contributed by atoms with Crippen molar-refractivity contribution in [2.24, 2.45) is 0 Å². The molecule has 148 valence electrons. The Labute approximate surface area is 178 Å². The lowest BCUT2D eigenvalue weighted by atomic mass is 9.89. The van der Waals surface area contributed by atoms with Crippen molar-refractivity contribution in [3.8, 4) is 22.6 Å². The lowest BCUT2D eigenvalue weighted by Crippen LogP contribution is -2.04. The number of hydrogen-bond donors (Lipinski definition) is 0. The van der Waals surface area contributed by atoms with Crippen molar-refractivity contribution in [3.63, 3.8) is 0 Å². The summed E-state index contributed by atoms with van der Waals surface area (Å²) in [5, 5.41) is 15.7. The van der Waals surface area contributed by atoms with Gasteiger partial charge in [0.1, 0.15) is 11.5 Å². The largest absolute Gasteiger partial charge is 0.457 e. The first-order chi connectivity index (χ1) is 15.2. The fourth-order valence-corrected chi connectivity index (χ4v) is 4.58. The lowest BCUT2D eigenvalue weighted by molar-refractivity contribution is -0.384. The normalized spacial score (nSPS) is 12.3. The quantitative estimate of drug-likeness (QED) is 0.226. The molecule has 0 radical (unpaired) electrons. The van der Waals surface area contributed by atoms with Crippen LogP contribution in [0.5, 0.6) is 11.5 Å². The predicted octanol–water partition coefficient (Wildman–Crippen LogP) is 7.26. The molecular weight excluding hydrogens is 386 g/mol. The highest BCUT2D eigenvalue weighted by Gasteiger charge is 2.22. The van der Waals surface area contributed by atoms with E-state index in [1.165, 1.54) is 21.9 Å². The predicted molar refractivity (Wildman–Crippen MR) is 123 cm³/mol. The summed E-state index contributed by atoms with van der Waals surface area (Å²) in [6.45, 7) is 0. The van der Waals surface area contributed by atoms with Gasteiger partial charge in [0.25, 0.3) is 5.69 Å². The number of ether oxygens (including phenoxy) is 1. The highest BCUT2D eigenvalue weighted by Crippen LogP contribution is 2.44. The average Bonchev–Trinajstić information content (AvgIpc) is 2.82. The summed E-state index contributed by atoms with van der Waals surface area (Å²) in [6.07, 6.45) is 0.799. The number of benzene rings is 5. The van der Waals surface area contributed by atoms with Gasteiger partial charge in [0.2, 0.25) is 0 Å². The van der Waals surface area contributed by atoms with Gasteiger partial charge in [0.15, 0.2) is 0 Å². The Morgan fingerprint density at radius 2 is 1.39 bits per heavy atom. The lowest BCUT2D eigenvalue weighted by Gasteiger charge is -2.23. The second-order valence-corrected chi connectivity index (χ2v) is 7.79. The van der Waals surface area contributed by atoms with Crippen molar-refractivity contribution in [2.45, 2.75) is 6.42 Å². The van der Waals surface area contributed by atoms with Crippen molar-refractivity contribution >= 4 is 27.2 Å². The van der Waals surface area contributed by atoms with Gasteiger partial charge in [-0.15, -0.1) is 0 Å². The second-order valence-electron chi connectivity index (χ2n) is 7.79. The minimum Gasteiger partial charge on any atom is -0.457 e. The van der Waals surface area contributed by atoms with Crippen molar-refractivity contribution in [3.05, 3.63) is 112 Å². The number of hydrogen-bond acceptors (Lipinski definition) is 3. The molecule has 0 aliphatic carbocycles. The van der Waals surface area contributed by atoms with E-state index in [0.29, 0.717) is 0 Å². The van der Waals surface area contributed by atoms with E-state index in [4.69, 9.17) is 4.74 Å². The first-order valence-corrected chi connectivity index (χ1v) is 10.2. The smallest absolute Gasteiger partial charge is 0.269 e. The molecule has 5 aromatic rings. The summed E-state index contributed by atoms with van der Waals surface area (Å²) < 4.78 is 6.31. The molecule has 1 aliphatic heterocycles. The summed E-state index contributed by atoms with van der Waals surface area (Å²) in [7, 11) is 0. The molecule has 1 aliphatic rings. The topological polar surface area (TPSA) is 52.4 Å². The molecule has 5 aromatic carbocycles. The zero-order valence-corrected chi connectivity index (χ0v) is 16.5. The van der Waals surface area contributed by atoms with E-state index in [-0.39, 0.29) is 10.6 Å². The number of fused-ring (bicyclic) bond motifs is 6. The van der Waals surface area contributed by atoms with Crippen molar-refractivity contribution < 1.29 is 9.66 Å². The molecule has 0 N–H and O–H groups in total. The number of nitro groups is 1. The highest BCUT2D eigenvalue weighted by molar-refractivity contribution is 6.00. The van der Waals surface area contributed by atoms with Crippen molar-refractivity contribution in [1.82, 2.24) is 0 Å². The molecule has 0 saturated heterocycles. The summed E-state index contributed by atoms with van der Waals surface area (Å²) in [5.41, 5.74) is 4.49. The molecule has 0 spiro atoms. The van der Waals surface area contributed by atoms with Crippen LogP contribution in [0.15, 0.2) is 91.0 Å². The summed E-state index contributed by atoms with van der Waals surface area (Å²) in [6, 6.07) is 29.6. The molecule has 0 unspecified atom stereocenters. The standard InChI is InChI=1S/C27H17NO3/c29-28(30)19-11-8-18(9-12-19)20-6-3-7-22-23(20)13-15-27-25(22)16-24-21-5-2-1-4-17(21)10-14-26(24)31-27/h1-15H,16H2. The van der Waals surface area contributed by atoms with Gasteiger partial charge < -0.3 is 4.74 Å². The first-order valence-electron chi connectivity index (χ1n) is 10.2. The van der Waals surface area contributed by atoms with E-state index >= 15 is 0 Å². The van der Waals surface area contributed by atoms with Gasteiger partial charge in [0, 0.05) is 29.7 Å². The minimum atomic E-state index is -0.373. The van der Waals surface area contributed by atoms with Crippen LogP contribution in [-0.2, 0) is 6.42 Å². The molecule has 4 heteroatoms. The number of rotatable bonds is 2. The van der Waals surface area contributed by atoms with Gasteiger partial charge >= 0.3 is 0 Å². The summed E-state index contributed by atoms with van der Waals surface area (Å²) in [4.78, 5) is 10.6. The van der Waals surface area contributed by atoms with Crippen LogP contribution in [0.3, 0.4) is 0 Å². The highest BCUT2D eigenvalue weighted by atomic mass is 16.6. The molecule has 0 bridgehead atoms.